The molecule has 0 saturated carbocycles. The molecule has 3 heterocycles. The van der Waals surface area contributed by atoms with Crippen LogP contribution < -0.4 is 5.56 Å². The van der Waals surface area contributed by atoms with E-state index in [-0.39, 0.29) is 23.4 Å². The number of halogens is 1. The number of carbonyl (C=O) groups excluding carboxylic acids is 1. The molecular weight excluding hydrogens is 435 g/mol. The van der Waals surface area contributed by atoms with Crippen LogP contribution in [0.1, 0.15) is 45.2 Å². The number of amides is 1. The van der Waals surface area contributed by atoms with Gasteiger partial charge in [0.2, 0.25) is 0 Å². The van der Waals surface area contributed by atoms with E-state index < -0.39 is 5.60 Å². The molecule has 1 saturated heterocycles. The number of fused-ring (bicyclic) bond motifs is 3. The van der Waals surface area contributed by atoms with E-state index in [0.29, 0.717) is 48.0 Å². The molecular formula is C26H27FN4O3. The van der Waals surface area contributed by atoms with Gasteiger partial charge in [0.15, 0.2) is 0 Å². The number of aromatic amines is 1. The minimum Gasteiger partial charge on any atom is -0.444 e. The van der Waals surface area contributed by atoms with E-state index in [0.717, 1.165) is 11.3 Å². The predicted octanol–water partition coefficient (Wildman–Crippen LogP) is 5.10. The lowest BCUT2D eigenvalue weighted by molar-refractivity contribution is 0.0203. The van der Waals surface area contributed by atoms with E-state index in [1.165, 1.54) is 6.07 Å². The minimum atomic E-state index is -0.548. The maximum atomic E-state index is 15.0. The molecule has 4 aromatic rings. The summed E-state index contributed by atoms with van der Waals surface area (Å²) in [6.07, 6.45) is 1.02. The summed E-state index contributed by atoms with van der Waals surface area (Å²) in [5, 5.41) is 5.32. The van der Waals surface area contributed by atoms with Gasteiger partial charge >= 0.3 is 6.09 Å². The van der Waals surface area contributed by atoms with Crippen LogP contribution in [-0.2, 0) is 4.74 Å². The molecule has 34 heavy (non-hydrogen) atoms. The highest BCUT2D eigenvalue weighted by Crippen LogP contribution is 2.35. The van der Waals surface area contributed by atoms with E-state index in [4.69, 9.17) is 9.84 Å². The quantitative estimate of drug-likeness (QED) is 0.450. The molecule has 7 nitrogen and oxygen atoms in total. The number of benzene rings is 2. The summed E-state index contributed by atoms with van der Waals surface area (Å²) in [5.41, 5.74) is 2.17. The van der Waals surface area contributed by atoms with Crippen molar-refractivity contribution in [3.05, 3.63) is 70.4 Å². The Morgan fingerprint density at radius 1 is 1.12 bits per heavy atom. The second kappa shape index (κ2) is 8.27. The summed E-state index contributed by atoms with van der Waals surface area (Å²) in [5.74, 6) is -0.339. The first-order valence-corrected chi connectivity index (χ1v) is 11.5. The highest BCUT2D eigenvalue weighted by atomic mass is 19.1. The lowest BCUT2D eigenvalue weighted by Crippen LogP contribution is -2.41. The first-order valence-electron chi connectivity index (χ1n) is 11.5. The number of hydrogen-bond donors (Lipinski definition) is 1. The number of nitrogens with one attached hydrogen (secondary N) is 1. The molecule has 1 N–H and O–H groups in total. The van der Waals surface area contributed by atoms with Crippen molar-refractivity contribution in [2.75, 3.05) is 13.1 Å². The first-order chi connectivity index (χ1) is 16.2. The standard InChI is InChI=1S/C26H27FN4O3/c1-26(2,3)34-25(33)30-13-11-16(12-14-30)20-15-21(32)28-24-23-19(29-31(20)24)10-9-18(27)22(23)17-7-5-4-6-8-17/h4-10,15-16H,11-14H2,1-3H3,(H,28,32). The molecule has 0 bridgehead atoms. The van der Waals surface area contributed by atoms with E-state index in [1.54, 1.807) is 21.5 Å². The molecule has 0 spiro atoms. The summed E-state index contributed by atoms with van der Waals surface area (Å²) in [6, 6.07) is 13.9. The molecule has 1 amide bonds. The fourth-order valence-electron chi connectivity index (χ4n) is 4.67. The highest BCUT2D eigenvalue weighted by molar-refractivity contribution is 6.04. The average molecular weight is 463 g/mol. The minimum absolute atomic E-state index is 0.0304. The number of carbonyl (C=O) groups is 1. The van der Waals surface area contributed by atoms with Gasteiger partial charge in [-0.3, -0.25) is 4.79 Å². The lowest BCUT2D eigenvalue weighted by Gasteiger charge is -2.33. The normalized spacial score (nSPS) is 15.2. The van der Waals surface area contributed by atoms with Crippen molar-refractivity contribution in [3.8, 4) is 11.1 Å². The molecule has 8 heteroatoms. The molecule has 176 valence electrons. The molecule has 2 aromatic heterocycles. The zero-order chi connectivity index (χ0) is 24.0. The monoisotopic (exact) mass is 462 g/mol. The number of H-pyrrole nitrogens is 1. The van der Waals surface area contributed by atoms with Gasteiger partial charge < -0.3 is 14.6 Å². The number of ether oxygens (including phenoxy) is 1. The Balaban J connectivity index is 1.55. The van der Waals surface area contributed by atoms with Gasteiger partial charge in [-0.05, 0) is 51.3 Å². The van der Waals surface area contributed by atoms with Gasteiger partial charge in [0.1, 0.15) is 17.1 Å². The third-order valence-corrected chi connectivity index (χ3v) is 6.18. The zero-order valence-electron chi connectivity index (χ0n) is 19.5. The molecule has 0 radical (unpaired) electrons. The van der Waals surface area contributed by atoms with Crippen LogP contribution in [0.3, 0.4) is 0 Å². The van der Waals surface area contributed by atoms with Crippen molar-refractivity contribution in [3.63, 3.8) is 0 Å². The fourth-order valence-corrected chi connectivity index (χ4v) is 4.67. The maximum absolute atomic E-state index is 15.0. The number of piperidine rings is 1. The molecule has 1 fully saturated rings. The van der Waals surface area contributed by atoms with Gasteiger partial charge in [-0.25, -0.2) is 13.7 Å². The summed E-state index contributed by atoms with van der Waals surface area (Å²) in [4.78, 5) is 29.7. The second-order valence-electron chi connectivity index (χ2n) is 9.74. The Morgan fingerprint density at radius 3 is 2.50 bits per heavy atom. The van der Waals surface area contributed by atoms with Gasteiger partial charge in [-0.15, -0.1) is 0 Å². The Bertz CT molecular complexity index is 1430. The molecule has 0 atom stereocenters. The van der Waals surface area contributed by atoms with Crippen molar-refractivity contribution in [2.45, 2.75) is 45.1 Å². The van der Waals surface area contributed by atoms with E-state index >= 15 is 4.39 Å². The Kier molecular flexibility index (Phi) is 5.38. The molecule has 2 aromatic carbocycles. The molecule has 1 aliphatic heterocycles. The summed E-state index contributed by atoms with van der Waals surface area (Å²) >= 11 is 0. The Hall–Kier alpha value is -3.68. The average Bonchev–Trinajstić information content (AvgIpc) is 3.16. The number of hydrogen-bond acceptors (Lipinski definition) is 4. The van der Waals surface area contributed by atoms with Crippen LogP contribution in [0.25, 0.3) is 27.7 Å². The van der Waals surface area contributed by atoms with Gasteiger partial charge in [-0.2, -0.15) is 5.10 Å². The molecule has 5 rings (SSSR count). The van der Waals surface area contributed by atoms with Crippen LogP contribution in [0, 0.1) is 5.82 Å². The highest BCUT2D eigenvalue weighted by Gasteiger charge is 2.29. The smallest absolute Gasteiger partial charge is 0.410 e. The third kappa shape index (κ3) is 4.04. The number of rotatable bonds is 2. The summed E-state index contributed by atoms with van der Waals surface area (Å²) in [7, 11) is 0. The number of likely N-dealkylation sites (tertiary alicyclic amines) is 1. The van der Waals surface area contributed by atoms with Crippen LogP contribution in [0.4, 0.5) is 9.18 Å². The van der Waals surface area contributed by atoms with Crippen LogP contribution >= 0.6 is 0 Å². The molecule has 0 aliphatic carbocycles. The van der Waals surface area contributed by atoms with E-state index in [2.05, 4.69) is 4.98 Å². The maximum Gasteiger partial charge on any atom is 0.410 e. The summed E-state index contributed by atoms with van der Waals surface area (Å²) < 4.78 is 22.2. The lowest BCUT2D eigenvalue weighted by atomic mass is 9.93. The van der Waals surface area contributed by atoms with Crippen molar-refractivity contribution in [2.24, 2.45) is 0 Å². The Labute approximate surface area is 196 Å². The van der Waals surface area contributed by atoms with Crippen LogP contribution in [0.5, 0.6) is 0 Å². The van der Waals surface area contributed by atoms with Gasteiger partial charge in [0.25, 0.3) is 5.56 Å². The predicted molar refractivity (Wildman–Crippen MR) is 128 cm³/mol. The van der Waals surface area contributed by atoms with Gasteiger partial charge in [-0.1, -0.05) is 30.3 Å². The topological polar surface area (TPSA) is 79.7 Å². The largest absolute Gasteiger partial charge is 0.444 e. The number of nitrogens with zero attached hydrogens (tertiary/aromatic N) is 3. The Morgan fingerprint density at radius 2 is 1.82 bits per heavy atom. The van der Waals surface area contributed by atoms with Crippen LogP contribution in [0.2, 0.25) is 0 Å². The van der Waals surface area contributed by atoms with Gasteiger partial charge in [0, 0.05) is 30.6 Å². The first kappa shape index (κ1) is 22.1. The molecule has 1 aliphatic rings. The summed E-state index contributed by atoms with van der Waals surface area (Å²) in [6.45, 7) is 6.59. The van der Waals surface area contributed by atoms with E-state index in [9.17, 15) is 9.59 Å². The van der Waals surface area contributed by atoms with Crippen molar-refractivity contribution in [1.82, 2.24) is 19.5 Å². The van der Waals surface area contributed by atoms with Crippen molar-refractivity contribution < 1.29 is 13.9 Å². The van der Waals surface area contributed by atoms with Crippen LogP contribution in [-0.4, -0.2) is 44.3 Å². The van der Waals surface area contributed by atoms with E-state index in [1.807, 2.05) is 51.1 Å². The van der Waals surface area contributed by atoms with Crippen molar-refractivity contribution >= 4 is 22.6 Å². The zero-order valence-corrected chi connectivity index (χ0v) is 19.5. The third-order valence-electron chi connectivity index (χ3n) is 6.18. The van der Waals surface area contributed by atoms with Gasteiger partial charge in [0.05, 0.1) is 16.6 Å². The fraction of sp³-hybridized carbons (Fsp3) is 0.346. The SMILES string of the molecule is CC(C)(C)OC(=O)N1CCC(c2cc(=O)[nH]c3c4c(-c5ccccc5)c(F)ccc4nn23)CC1. The van der Waals surface area contributed by atoms with Crippen molar-refractivity contribution in [1.29, 1.82) is 0 Å². The number of aromatic nitrogens is 3. The van der Waals surface area contributed by atoms with Crippen LogP contribution in [0.15, 0.2) is 53.3 Å². The molecule has 0 unspecified atom stereocenters. The second-order valence-corrected chi connectivity index (χ2v) is 9.74.